The van der Waals surface area contributed by atoms with E-state index >= 15 is 0 Å². The van der Waals surface area contributed by atoms with Crippen molar-refractivity contribution in [2.75, 3.05) is 18.0 Å². The van der Waals surface area contributed by atoms with Gasteiger partial charge in [-0.15, -0.1) is 0 Å². The molecular weight excluding hydrogens is 364 g/mol. The molecule has 0 fully saturated rings. The summed E-state index contributed by atoms with van der Waals surface area (Å²) in [6.07, 6.45) is 4.76. The summed E-state index contributed by atoms with van der Waals surface area (Å²) in [6, 6.07) is 16.9. The summed E-state index contributed by atoms with van der Waals surface area (Å²) in [7, 11) is 0. The van der Waals surface area contributed by atoms with Crippen LogP contribution in [0.25, 0.3) is 17.0 Å². The SMILES string of the molecule is CCN(CC)c1ccc(C(=O)NNC(=O)/C=C/c2cccc3cccnc23)cc1. The highest BCUT2D eigenvalue weighted by atomic mass is 16.2. The topological polar surface area (TPSA) is 74.3 Å². The fourth-order valence-corrected chi connectivity index (χ4v) is 3.07. The van der Waals surface area contributed by atoms with Crippen LogP contribution < -0.4 is 15.8 Å². The Kier molecular flexibility index (Phi) is 6.58. The maximum absolute atomic E-state index is 12.2. The van der Waals surface area contributed by atoms with Gasteiger partial charge in [0.15, 0.2) is 0 Å². The molecule has 0 bridgehead atoms. The number of fused-ring (bicyclic) bond motifs is 1. The first-order valence-electron chi connectivity index (χ1n) is 9.59. The van der Waals surface area contributed by atoms with E-state index in [1.54, 1.807) is 24.4 Å². The standard InChI is InChI=1S/C23H24N4O2/c1-3-27(4-2)20-13-10-19(11-14-20)23(29)26-25-21(28)15-12-18-8-5-7-17-9-6-16-24-22(17)18/h5-16H,3-4H2,1-2H3,(H,25,28)(H,26,29)/b15-12+. The number of pyridine rings is 1. The van der Waals surface area contributed by atoms with Crippen LogP contribution in [0.5, 0.6) is 0 Å². The van der Waals surface area contributed by atoms with Gasteiger partial charge in [0, 0.05) is 47.6 Å². The molecule has 3 rings (SSSR count). The van der Waals surface area contributed by atoms with Crippen LogP contribution in [-0.4, -0.2) is 29.9 Å². The van der Waals surface area contributed by atoms with Crippen molar-refractivity contribution in [1.29, 1.82) is 0 Å². The van der Waals surface area contributed by atoms with Gasteiger partial charge in [0.05, 0.1) is 5.52 Å². The molecule has 0 atom stereocenters. The molecule has 0 spiro atoms. The zero-order valence-electron chi connectivity index (χ0n) is 16.6. The van der Waals surface area contributed by atoms with Crippen LogP contribution in [0.2, 0.25) is 0 Å². The van der Waals surface area contributed by atoms with E-state index in [1.807, 2.05) is 42.5 Å². The van der Waals surface area contributed by atoms with Crippen LogP contribution in [0.4, 0.5) is 5.69 Å². The van der Waals surface area contributed by atoms with E-state index in [4.69, 9.17) is 0 Å². The number of hydrogen-bond acceptors (Lipinski definition) is 4. The van der Waals surface area contributed by atoms with Gasteiger partial charge in [0.1, 0.15) is 0 Å². The first kappa shape index (κ1) is 20.1. The van der Waals surface area contributed by atoms with Gasteiger partial charge < -0.3 is 4.90 Å². The van der Waals surface area contributed by atoms with Crippen molar-refractivity contribution in [2.24, 2.45) is 0 Å². The number of aromatic nitrogens is 1. The van der Waals surface area contributed by atoms with E-state index in [1.165, 1.54) is 6.08 Å². The van der Waals surface area contributed by atoms with Crippen LogP contribution in [0.3, 0.4) is 0 Å². The van der Waals surface area contributed by atoms with Gasteiger partial charge in [-0.05, 0) is 50.3 Å². The predicted octanol–water partition coefficient (Wildman–Crippen LogP) is 3.56. The second-order valence-electron chi connectivity index (χ2n) is 6.42. The number of hydrazine groups is 1. The predicted molar refractivity (Wildman–Crippen MR) is 116 cm³/mol. The monoisotopic (exact) mass is 388 g/mol. The average Bonchev–Trinajstić information content (AvgIpc) is 2.77. The molecular formula is C23H24N4O2. The second kappa shape index (κ2) is 9.50. The zero-order chi connectivity index (χ0) is 20.6. The van der Waals surface area contributed by atoms with Crippen molar-refractivity contribution in [2.45, 2.75) is 13.8 Å². The Morgan fingerprint density at radius 1 is 0.966 bits per heavy atom. The number of hydrogen-bond donors (Lipinski definition) is 2. The van der Waals surface area contributed by atoms with Gasteiger partial charge in [-0.25, -0.2) is 0 Å². The van der Waals surface area contributed by atoms with E-state index in [2.05, 4.69) is 34.6 Å². The van der Waals surface area contributed by atoms with Crippen LogP contribution in [0.15, 0.2) is 66.9 Å². The lowest BCUT2D eigenvalue weighted by Crippen LogP contribution is -2.40. The lowest BCUT2D eigenvalue weighted by molar-refractivity contribution is -0.117. The van der Waals surface area contributed by atoms with Gasteiger partial charge in [0.25, 0.3) is 11.8 Å². The zero-order valence-corrected chi connectivity index (χ0v) is 16.6. The molecule has 6 nitrogen and oxygen atoms in total. The smallest absolute Gasteiger partial charge is 0.269 e. The molecule has 0 aliphatic carbocycles. The van der Waals surface area contributed by atoms with Crippen molar-refractivity contribution in [1.82, 2.24) is 15.8 Å². The van der Waals surface area contributed by atoms with Crippen molar-refractivity contribution < 1.29 is 9.59 Å². The number of nitrogens with one attached hydrogen (secondary N) is 2. The van der Waals surface area contributed by atoms with E-state index in [0.29, 0.717) is 5.56 Å². The quantitative estimate of drug-likeness (QED) is 0.500. The molecule has 2 aromatic carbocycles. The molecule has 0 aliphatic heterocycles. The molecule has 0 saturated heterocycles. The Morgan fingerprint density at radius 2 is 1.69 bits per heavy atom. The van der Waals surface area contributed by atoms with Crippen molar-refractivity contribution in [3.8, 4) is 0 Å². The van der Waals surface area contributed by atoms with Gasteiger partial charge in [0.2, 0.25) is 0 Å². The number of carbonyl (C=O) groups excluding carboxylic acids is 2. The third-order valence-electron chi connectivity index (χ3n) is 4.64. The number of para-hydroxylation sites is 1. The van der Waals surface area contributed by atoms with E-state index in [9.17, 15) is 9.59 Å². The molecule has 0 radical (unpaired) electrons. The number of carbonyl (C=O) groups is 2. The molecule has 6 heteroatoms. The molecule has 1 aromatic heterocycles. The van der Waals surface area contributed by atoms with Crippen LogP contribution in [0.1, 0.15) is 29.8 Å². The van der Waals surface area contributed by atoms with E-state index < -0.39 is 5.91 Å². The first-order chi connectivity index (χ1) is 14.1. The lowest BCUT2D eigenvalue weighted by atomic mass is 10.1. The van der Waals surface area contributed by atoms with Crippen LogP contribution in [0, 0.1) is 0 Å². The Hall–Kier alpha value is -3.67. The highest BCUT2D eigenvalue weighted by Gasteiger charge is 2.08. The Bertz CT molecular complexity index is 1020. The first-order valence-corrected chi connectivity index (χ1v) is 9.59. The average molecular weight is 388 g/mol. The molecule has 2 N–H and O–H groups in total. The van der Waals surface area contributed by atoms with Crippen molar-refractivity contribution in [3.05, 3.63) is 78.0 Å². The van der Waals surface area contributed by atoms with E-state index in [-0.39, 0.29) is 5.91 Å². The maximum atomic E-state index is 12.2. The molecule has 0 saturated carbocycles. The fourth-order valence-electron chi connectivity index (χ4n) is 3.07. The highest BCUT2D eigenvalue weighted by molar-refractivity contribution is 5.99. The molecule has 0 unspecified atom stereocenters. The second-order valence-corrected chi connectivity index (χ2v) is 6.42. The molecule has 0 aliphatic rings. The van der Waals surface area contributed by atoms with Gasteiger partial charge in [-0.1, -0.05) is 24.3 Å². The largest absolute Gasteiger partial charge is 0.372 e. The normalized spacial score (nSPS) is 10.8. The number of rotatable bonds is 6. The Morgan fingerprint density at radius 3 is 2.41 bits per heavy atom. The number of nitrogens with zero attached hydrogens (tertiary/aromatic N) is 2. The number of anilines is 1. The van der Waals surface area contributed by atoms with Gasteiger partial charge in [-0.3, -0.25) is 25.4 Å². The summed E-state index contributed by atoms with van der Waals surface area (Å²) in [4.78, 5) is 30.9. The Labute approximate surface area is 170 Å². The third-order valence-corrected chi connectivity index (χ3v) is 4.64. The molecule has 148 valence electrons. The van der Waals surface area contributed by atoms with Crippen molar-refractivity contribution in [3.63, 3.8) is 0 Å². The summed E-state index contributed by atoms with van der Waals surface area (Å²) in [5.41, 5.74) is 8.01. The van der Waals surface area contributed by atoms with Crippen LogP contribution in [-0.2, 0) is 4.79 Å². The maximum Gasteiger partial charge on any atom is 0.269 e. The van der Waals surface area contributed by atoms with Gasteiger partial charge >= 0.3 is 0 Å². The summed E-state index contributed by atoms with van der Waals surface area (Å²) >= 11 is 0. The minimum absolute atomic E-state index is 0.371. The van der Waals surface area contributed by atoms with E-state index in [0.717, 1.165) is 35.2 Å². The van der Waals surface area contributed by atoms with Gasteiger partial charge in [-0.2, -0.15) is 0 Å². The number of benzene rings is 2. The summed E-state index contributed by atoms with van der Waals surface area (Å²) < 4.78 is 0. The lowest BCUT2D eigenvalue weighted by Gasteiger charge is -2.21. The molecule has 3 aromatic rings. The minimum atomic E-state index is -0.425. The van der Waals surface area contributed by atoms with Crippen LogP contribution >= 0.6 is 0 Å². The highest BCUT2D eigenvalue weighted by Crippen LogP contribution is 2.17. The summed E-state index contributed by atoms with van der Waals surface area (Å²) in [5, 5.41) is 0.997. The fraction of sp³-hybridized carbons (Fsp3) is 0.174. The van der Waals surface area contributed by atoms with Crippen molar-refractivity contribution >= 4 is 34.5 Å². The number of amides is 2. The summed E-state index contributed by atoms with van der Waals surface area (Å²) in [6.45, 7) is 5.97. The molecule has 1 heterocycles. The summed E-state index contributed by atoms with van der Waals surface area (Å²) in [5.74, 6) is -0.796. The minimum Gasteiger partial charge on any atom is -0.372 e. The Balaban J connectivity index is 1.58. The third kappa shape index (κ3) is 4.99. The molecule has 29 heavy (non-hydrogen) atoms. The molecule has 2 amide bonds.